The molecule has 3 rings (SSSR count). The topological polar surface area (TPSA) is 60.8 Å². The molecule has 1 aromatic heterocycles. The molecule has 5 nitrogen and oxygen atoms in total. The van der Waals surface area contributed by atoms with Crippen LogP contribution in [0.4, 0.5) is 0 Å². The largest absolute Gasteiger partial charge is 0.496 e. The van der Waals surface area contributed by atoms with Gasteiger partial charge in [-0.25, -0.2) is 9.78 Å². The van der Waals surface area contributed by atoms with Gasteiger partial charge in [-0.05, 0) is 67.1 Å². The number of halogens is 1. The van der Waals surface area contributed by atoms with E-state index in [4.69, 9.17) is 21.2 Å². The molecular formula is C22H19ClN2O3S. The maximum Gasteiger partial charge on any atom is 0.365 e. The smallest absolute Gasteiger partial charge is 0.365 e. The van der Waals surface area contributed by atoms with Crippen molar-refractivity contribution < 1.29 is 14.4 Å². The number of nitrogens with zero attached hydrogens (tertiary/aromatic N) is 2. The van der Waals surface area contributed by atoms with Crippen LogP contribution in [0.2, 0.25) is 5.02 Å². The number of carbonyl (C=O) groups is 1. The zero-order valence-corrected chi connectivity index (χ0v) is 17.5. The molecule has 2 aromatic carbocycles. The summed E-state index contributed by atoms with van der Waals surface area (Å²) in [5.41, 5.74) is 2.80. The zero-order chi connectivity index (χ0) is 20.6. The number of rotatable bonds is 7. The van der Waals surface area contributed by atoms with Gasteiger partial charge in [0.05, 0.1) is 23.4 Å². The maximum absolute atomic E-state index is 12.1. The van der Waals surface area contributed by atoms with Crippen molar-refractivity contribution in [2.24, 2.45) is 5.16 Å². The predicted molar refractivity (Wildman–Crippen MR) is 116 cm³/mol. The SMILES string of the molecule is COc1ccc(/C(C)=N/OC(=O)c2ccc(Cl)cc2)cc1CSc1ccccn1. The average molecular weight is 427 g/mol. The van der Waals surface area contributed by atoms with E-state index in [1.807, 2.05) is 36.4 Å². The monoisotopic (exact) mass is 426 g/mol. The third kappa shape index (κ3) is 5.82. The van der Waals surface area contributed by atoms with Crippen LogP contribution in [0.15, 0.2) is 77.0 Å². The fourth-order valence-corrected chi connectivity index (χ4v) is 3.47. The Kier molecular flexibility index (Phi) is 7.27. The molecule has 0 saturated heterocycles. The number of benzene rings is 2. The normalized spacial score (nSPS) is 11.2. The molecule has 7 heteroatoms. The van der Waals surface area contributed by atoms with Crippen molar-refractivity contribution >= 4 is 35.0 Å². The molecule has 0 amide bonds. The lowest BCUT2D eigenvalue weighted by molar-refractivity contribution is 0.0516. The van der Waals surface area contributed by atoms with E-state index < -0.39 is 5.97 Å². The number of thioether (sulfide) groups is 1. The van der Waals surface area contributed by atoms with Gasteiger partial charge in [0.25, 0.3) is 0 Å². The summed E-state index contributed by atoms with van der Waals surface area (Å²) >= 11 is 7.45. The minimum Gasteiger partial charge on any atom is -0.496 e. The van der Waals surface area contributed by atoms with Crippen LogP contribution in [-0.4, -0.2) is 23.8 Å². The fraction of sp³-hybridized carbons (Fsp3) is 0.136. The number of methoxy groups -OCH3 is 1. The molecule has 0 unspecified atom stereocenters. The molecule has 1 heterocycles. The third-order valence-corrected chi connectivity index (χ3v) is 5.30. The first kappa shape index (κ1) is 20.9. The van der Waals surface area contributed by atoms with E-state index in [9.17, 15) is 4.79 Å². The summed E-state index contributed by atoms with van der Waals surface area (Å²) in [6.45, 7) is 1.78. The second-order valence-corrected chi connectivity index (χ2v) is 7.48. The molecular weight excluding hydrogens is 408 g/mol. The molecule has 29 heavy (non-hydrogen) atoms. The summed E-state index contributed by atoms with van der Waals surface area (Å²) in [6.07, 6.45) is 1.77. The fourth-order valence-electron chi connectivity index (χ4n) is 2.50. The Hall–Kier alpha value is -2.83. The lowest BCUT2D eigenvalue weighted by atomic mass is 10.1. The quantitative estimate of drug-likeness (QED) is 0.212. The Morgan fingerprint density at radius 3 is 2.55 bits per heavy atom. The number of carbonyl (C=O) groups excluding carboxylic acids is 1. The van der Waals surface area contributed by atoms with Crippen molar-refractivity contribution in [3.8, 4) is 5.75 Å². The van der Waals surface area contributed by atoms with Crippen LogP contribution in [0, 0.1) is 0 Å². The average Bonchev–Trinajstić information content (AvgIpc) is 2.76. The van der Waals surface area contributed by atoms with Crippen LogP contribution >= 0.6 is 23.4 Å². The summed E-state index contributed by atoms with van der Waals surface area (Å²) in [5, 5.41) is 5.47. The van der Waals surface area contributed by atoms with Gasteiger partial charge >= 0.3 is 5.97 Å². The first-order valence-electron chi connectivity index (χ1n) is 8.79. The molecule has 0 bridgehead atoms. The molecule has 0 saturated carbocycles. The van der Waals surface area contributed by atoms with Crippen molar-refractivity contribution in [1.82, 2.24) is 4.98 Å². The first-order chi connectivity index (χ1) is 14.1. The Morgan fingerprint density at radius 1 is 1.10 bits per heavy atom. The Morgan fingerprint density at radius 2 is 1.86 bits per heavy atom. The molecule has 0 aliphatic carbocycles. The van der Waals surface area contributed by atoms with E-state index >= 15 is 0 Å². The number of pyridine rings is 1. The molecule has 148 valence electrons. The van der Waals surface area contributed by atoms with Crippen LogP contribution in [0.25, 0.3) is 0 Å². The number of hydrogen-bond donors (Lipinski definition) is 0. The summed E-state index contributed by atoms with van der Waals surface area (Å²) in [5.74, 6) is 0.926. The summed E-state index contributed by atoms with van der Waals surface area (Å²) in [7, 11) is 1.64. The van der Waals surface area contributed by atoms with Crippen LogP contribution in [0.1, 0.15) is 28.4 Å². The highest BCUT2D eigenvalue weighted by molar-refractivity contribution is 7.98. The predicted octanol–water partition coefficient (Wildman–Crippen LogP) is 5.62. The van der Waals surface area contributed by atoms with Crippen molar-refractivity contribution in [1.29, 1.82) is 0 Å². The molecule has 0 atom stereocenters. The lowest BCUT2D eigenvalue weighted by Gasteiger charge is -2.10. The van der Waals surface area contributed by atoms with E-state index in [2.05, 4.69) is 10.1 Å². The summed E-state index contributed by atoms with van der Waals surface area (Å²) < 4.78 is 5.46. The number of ether oxygens (including phenoxy) is 1. The lowest BCUT2D eigenvalue weighted by Crippen LogP contribution is -2.04. The minimum atomic E-state index is -0.541. The number of hydrogen-bond acceptors (Lipinski definition) is 6. The van der Waals surface area contributed by atoms with Gasteiger partial charge < -0.3 is 9.57 Å². The molecule has 0 radical (unpaired) electrons. The van der Waals surface area contributed by atoms with Gasteiger partial charge in [-0.2, -0.15) is 0 Å². The van der Waals surface area contributed by atoms with Gasteiger partial charge in [-0.15, -0.1) is 11.8 Å². The van der Waals surface area contributed by atoms with Crippen molar-refractivity contribution in [3.05, 3.63) is 88.6 Å². The van der Waals surface area contributed by atoms with Crippen LogP contribution in [0.5, 0.6) is 5.75 Å². The summed E-state index contributed by atoms with van der Waals surface area (Å²) in [6, 6.07) is 18.0. The molecule has 0 aliphatic rings. The Balaban J connectivity index is 1.72. The van der Waals surface area contributed by atoms with Gasteiger partial charge in [0.15, 0.2) is 0 Å². The van der Waals surface area contributed by atoms with Gasteiger partial charge in [0.1, 0.15) is 5.75 Å². The van der Waals surface area contributed by atoms with Gasteiger partial charge in [-0.1, -0.05) is 22.8 Å². The molecule has 0 spiro atoms. The minimum absolute atomic E-state index is 0.383. The Bertz CT molecular complexity index is 1010. The van der Waals surface area contributed by atoms with Gasteiger partial charge in [0, 0.05) is 22.5 Å². The van der Waals surface area contributed by atoms with Crippen LogP contribution in [-0.2, 0) is 10.6 Å². The van der Waals surface area contributed by atoms with Crippen molar-refractivity contribution in [3.63, 3.8) is 0 Å². The number of oxime groups is 1. The second kappa shape index (κ2) is 10.1. The van der Waals surface area contributed by atoms with Crippen LogP contribution in [0.3, 0.4) is 0 Å². The molecule has 0 aliphatic heterocycles. The molecule has 0 N–H and O–H groups in total. The highest BCUT2D eigenvalue weighted by atomic mass is 35.5. The van der Waals surface area contributed by atoms with E-state index in [0.717, 1.165) is 21.9 Å². The standard InChI is InChI=1S/C22H19ClN2O3S/c1-15(25-28-22(26)16-6-9-19(23)10-7-16)17-8-11-20(27-2)18(13-17)14-29-21-5-3-4-12-24-21/h3-13H,14H2,1-2H3/b25-15+. The van der Waals surface area contributed by atoms with Gasteiger partial charge in [-0.3, -0.25) is 0 Å². The second-order valence-electron chi connectivity index (χ2n) is 6.05. The van der Waals surface area contributed by atoms with E-state index in [1.54, 1.807) is 56.3 Å². The number of aromatic nitrogens is 1. The van der Waals surface area contributed by atoms with E-state index in [1.165, 1.54) is 0 Å². The highest BCUT2D eigenvalue weighted by Gasteiger charge is 2.10. The van der Waals surface area contributed by atoms with Crippen molar-refractivity contribution in [2.45, 2.75) is 17.7 Å². The van der Waals surface area contributed by atoms with Crippen LogP contribution < -0.4 is 4.74 Å². The Labute approximate surface area is 178 Å². The third-order valence-electron chi connectivity index (χ3n) is 4.06. The molecule has 3 aromatic rings. The zero-order valence-electron chi connectivity index (χ0n) is 16.0. The maximum atomic E-state index is 12.1. The van der Waals surface area contributed by atoms with E-state index in [0.29, 0.717) is 22.1 Å². The summed E-state index contributed by atoms with van der Waals surface area (Å²) in [4.78, 5) is 21.5. The van der Waals surface area contributed by atoms with Gasteiger partial charge in [0.2, 0.25) is 0 Å². The highest BCUT2D eigenvalue weighted by Crippen LogP contribution is 2.28. The molecule has 0 fully saturated rings. The first-order valence-corrected chi connectivity index (χ1v) is 10.2. The van der Waals surface area contributed by atoms with E-state index in [-0.39, 0.29) is 0 Å². The van der Waals surface area contributed by atoms with Crippen molar-refractivity contribution in [2.75, 3.05) is 7.11 Å².